The van der Waals surface area contributed by atoms with Gasteiger partial charge in [-0.25, -0.2) is 0 Å². The fraction of sp³-hybridized carbons (Fsp3) is 0.300. The monoisotopic (exact) mass is 421 g/mol. The minimum Gasteiger partial charge on any atom is -0.571 e. The summed E-state index contributed by atoms with van der Waals surface area (Å²) < 4.78 is 15.5. The summed E-state index contributed by atoms with van der Waals surface area (Å²) in [5.74, 6) is -0.950. The van der Waals surface area contributed by atoms with Crippen molar-refractivity contribution in [1.29, 1.82) is 0 Å². The molecular weight excluding hydrogens is 400 g/mol. The van der Waals surface area contributed by atoms with Gasteiger partial charge in [-0.2, -0.15) is 0 Å². The van der Waals surface area contributed by atoms with Gasteiger partial charge < -0.3 is 50.0 Å². The maximum Gasteiger partial charge on any atom is 0.305 e. The van der Waals surface area contributed by atoms with Crippen molar-refractivity contribution in [1.82, 2.24) is 0 Å². The minimum atomic E-state index is -1.56. The fourth-order valence-corrected chi connectivity index (χ4v) is 3.34. The molecule has 0 spiro atoms. The number of aliphatic hydroxyl groups excluding tert-OH is 5. The molecule has 160 valence electrons. The smallest absolute Gasteiger partial charge is 0.305 e. The van der Waals surface area contributed by atoms with Crippen LogP contribution in [0.2, 0.25) is 0 Å². The summed E-state index contributed by atoms with van der Waals surface area (Å²) in [6.45, 7) is -0.274. The van der Waals surface area contributed by atoms with Crippen LogP contribution in [0.1, 0.15) is 5.56 Å². The summed E-state index contributed by atoms with van der Waals surface area (Å²) in [5.41, 5.74) is 0.642. The average molecular weight is 421 g/mol. The number of benzene rings is 1. The highest BCUT2D eigenvalue weighted by Gasteiger charge is 2.42. The SMILES string of the molecule is OC1=CC2[OH+]C(c3ccc(O)c(O)c3)=C(OC3OC[C@@H](O)[C@@H](O)[C@@H]3O)C=C2C(O)=C1. The van der Waals surface area contributed by atoms with Crippen molar-refractivity contribution < 1.29 is 50.0 Å². The van der Waals surface area contributed by atoms with E-state index in [0.29, 0.717) is 11.1 Å². The molecule has 30 heavy (non-hydrogen) atoms. The Morgan fingerprint density at radius 2 is 1.73 bits per heavy atom. The molecule has 1 aromatic rings. The van der Waals surface area contributed by atoms with Gasteiger partial charge in [-0.15, -0.1) is 0 Å². The number of allylic oxidation sites excluding steroid dienone is 2. The Bertz CT molecular complexity index is 976. The van der Waals surface area contributed by atoms with E-state index in [1.54, 1.807) is 0 Å². The van der Waals surface area contributed by atoms with Gasteiger partial charge in [0.1, 0.15) is 29.8 Å². The van der Waals surface area contributed by atoms with Gasteiger partial charge in [0.2, 0.25) is 18.2 Å². The number of aliphatic hydroxyl groups is 7. The van der Waals surface area contributed by atoms with Gasteiger partial charge >= 0.3 is 5.76 Å². The Labute approximate surface area is 170 Å². The number of hydrogen-bond acceptors (Lipinski definition) is 9. The standard InChI is InChI=1S/C20H20O10/c21-9-4-12(23)10-6-16(30-20-18(27)17(26)14(25)7-28-20)19(29-15(10)5-9)8-1-2-11(22)13(24)3-8/h1-6,14-15,17-18,20-27H,7H2/p+1/t14-,15?,17-,18+,20?/m1/s1. The molecule has 1 aromatic carbocycles. The summed E-state index contributed by atoms with van der Waals surface area (Å²) in [7, 11) is 0. The maximum absolute atomic E-state index is 10.2. The predicted octanol–water partition coefficient (Wildman–Crippen LogP) is -0.0440. The van der Waals surface area contributed by atoms with Crippen molar-refractivity contribution in [3.8, 4) is 11.5 Å². The Morgan fingerprint density at radius 1 is 0.967 bits per heavy atom. The highest BCUT2D eigenvalue weighted by molar-refractivity contribution is 5.69. The molecule has 5 atom stereocenters. The van der Waals surface area contributed by atoms with Crippen LogP contribution in [0.4, 0.5) is 0 Å². The molecule has 2 unspecified atom stereocenters. The van der Waals surface area contributed by atoms with Crippen molar-refractivity contribution >= 4 is 5.76 Å². The normalized spacial score (nSPS) is 31.2. The molecule has 2 aliphatic heterocycles. The maximum atomic E-state index is 10.2. The largest absolute Gasteiger partial charge is 0.571 e. The molecule has 10 heteroatoms. The van der Waals surface area contributed by atoms with Gasteiger partial charge in [0.25, 0.3) is 0 Å². The van der Waals surface area contributed by atoms with Gasteiger partial charge in [0, 0.05) is 18.2 Å². The Morgan fingerprint density at radius 3 is 2.47 bits per heavy atom. The molecular formula is C20H21O10+. The van der Waals surface area contributed by atoms with Gasteiger partial charge in [0.15, 0.2) is 11.5 Å². The van der Waals surface area contributed by atoms with Crippen LogP contribution < -0.4 is 0 Å². The van der Waals surface area contributed by atoms with E-state index >= 15 is 0 Å². The third-order valence-electron chi connectivity index (χ3n) is 4.96. The lowest BCUT2D eigenvalue weighted by molar-refractivity contribution is -0.257. The third kappa shape index (κ3) is 3.57. The van der Waals surface area contributed by atoms with Crippen LogP contribution in [0, 0.1) is 0 Å². The molecule has 2 heterocycles. The topological polar surface area (TPSA) is 173 Å². The lowest BCUT2D eigenvalue weighted by Gasteiger charge is -2.36. The zero-order valence-corrected chi connectivity index (χ0v) is 15.5. The minimum absolute atomic E-state index is 0.0359. The number of phenolic OH excluding ortho intramolecular Hbond substituents is 2. The van der Waals surface area contributed by atoms with Crippen molar-refractivity contribution in [2.24, 2.45) is 0 Å². The molecule has 0 amide bonds. The first-order valence-electron chi connectivity index (χ1n) is 9.08. The molecule has 0 saturated carbocycles. The fourth-order valence-electron chi connectivity index (χ4n) is 3.34. The Kier molecular flexibility index (Phi) is 5.08. The molecule has 3 aliphatic rings. The summed E-state index contributed by atoms with van der Waals surface area (Å²) in [6.07, 6.45) is -2.47. The Balaban J connectivity index is 1.75. The van der Waals surface area contributed by atoms with Crippen molar-refractivity contribution in [3.05, 3.63) is 64.8 Å². The van der Waals surface area contributed by atoms with E-state index in [9.17, 15) is 35.7 Å². The highest BCUT2D eigenvalue weighted by atomic mass is 16.7. The van der Waals surface area contributed by atoms with Crippen LogP contribution in [0.5, 0.6) is 11.5 Å². The molecule has 0 bridgehead atoms. The predicted molar refractivity (Wildman–Crippen MR) is 101 cm³/mol. The van der Waals surface area contributed by atoms with E-state index in [1.807, 2.05) is 0 Å². The molecule has 1 fully saturated rings. The summed E-state index contributed by atoms with van der Waals surface area (Å²) in [6, 6.07) is 3.96. The number of phenols is 2. The molecule has 4 rings (SSSR count). The van der Waals surface area contributed by atoms with Crippen LogP contribution in [0.25, 0.3) is 5.76 Å². The Hall–Kier alpha value is -3.18. The number of rotatable bonds is 3. The molecule has 10 nitrogen and oxygen atoms in total. The number of ether oxygens (including phenoxy) is 3. The molecule has 8 N–H and O–H groups in total. The van der Waals surface area contributed by atoms with Crippen molar-refractivity contribution in [2.45, 2.75) is 30.7 Å². The van der Waals surface area contributed by atoms with Crippen LogP contribution in [0.15, 0.2) is 59.3 Å². The summed E-state index contributed by atoms with van der Waals surface area (Å²) >= 11 is 0. The van der Waals surface area contributed by atoms with Gasteiger partial charge in [-0.3, -0.25) is 0 Å². The second kappa shape index (κ2) is 7.58. The van der Waals surface area contributed by atoms with Crippen LogP contribution in [0.3, 0.4) is 0 Å². The van der Waals surface area contributed by atoms with Crippen LogP contribution in [-0.2, 0) is 9.47 Å². The zero-order valence-electron chi connectivity index (χ0n) is 15.5. The van der Waals surface area contributed by atoms with Crippen LogP contribution >= 0.6 is 0 Å². The molecule has 0 radical (unpaired) electrons. The molecule has 1 aliphatic carbocycles. The van der Waals surface area contributed by atoms with E-state index < -0.39 is 36.5 Å². The van der Waals surface area contributed by atoms with E-state index in [0.717, 1.165) is 6.08 Å². The quantitative estimate of drug-likeness (QED) is 0.261. The van der Waals surface area contributed by atoms with E-state index in [1.165, 1.54) is 30.4 Å². The van der Waals surface area contributed by atoms with E-state index in [2.05, 4.69) is 4.74 Å². The van der Waals surface area contributed by atoms with E-state index in [-0.39, 0.29) is 35.4 Å². The third-order valence-corrected chi connectivity index (χ3v) is 4.96. The van der Waals surface area contributed by atoms with Gasteiger partial charge in [-0.1, -0.05) is 0 Å². The van der Waals surface area contributed by atoms with E-state index in [4.69, 9.17) is 9.47 Å². The lowest BCUT2D eigenvalue weighted by atomic mass is 9.97. The first-order chi connectivity index (χ1) is 14.2. The van der Waals surface area contributed by atoms with Crippen LogP contribution in [-0.4, -0.2) is 77.8 Å². The lowest BCUT2D eigenvalue weighted by Crippen LogP contribution is -2.53. The summed E-state index contributed by atoms with van der Waals surface area (Å²) in [4.78, 5) is 0. The van der Waals surface area contributed by atoms with Gasteiger partial charge in [0.05, 0.1) is 23.8 Å². The first kappa shape index (κ1) is 20.1. The molecule has 1 saturated heterocycles. The highest BCUT2D eigenvalue weighted by Crippen LogP contribution is 2.37. The van der Waals surface area contributed by atoms with Crippen molar-refractivity contribution in [3.63, 3.8) is 0 Å². The zero-order chi connectivity index (χ0) is 21.6. The number of aromatic hydroxyl groups is 2. The first-order valence-corrected chi connectivity index (χ1v) is 9.08. The van der Waals surface area contributed by atoms with Gasteiger partial charge in [-0.05, 0) is 12.1 Å². The molecule has 0 aromatic heterocycles. The summed E-state index contributed by atoms with van der Waals surface area (Å²) in [5, 5.41) is 69.1. The second-order valence-corrected chi connectivity index (χ2v) is 7.08. The number of hydrogen-bond donors (Lipinski definition) is 7. The average Bonchev–Trinajstić information content (AvgIpc) is 2.70. The second-order valence-electron chi connectivity index (χ2n) is 7.08. The van der Waals surface area contributed by atoms with Crippen molar-refractivity contribution in [2.75, 3.05) is 6.61 Å². The number of fused-ring (bicyclic) bond motifs is 1.